The van der Waals surface area contributed by atoms with Crippen LogP contribution in [0.15, 0.2) is 0 Å². The summed E-state index contributed by atoms with van der Waals surface area (Å²) in [6.07, 6.45) is 3.58. The Hall–Kier alpha value is -1.53. The Labute approximate surface area is 111 Å². The third-order valence-electron chi connectivity index (χ3n) is 3.62. The van der Waals surface area contributed by atoms with Crippen LogP contribution in [0.2, 0.25) is 0 Å². The Morgan fingerprint density at radius 1 is 1.47 bits per heavy atom. The molecular weight excluding hydrogens is 246 g/mol. The average Bonchev–Trinajstić information content (AvgIpc) is 2.90. The topological polar surface area (TPSA) is 84.3 Å². The summed E-state index contributed by atoms with van der Waals surface area (Å²) in [5.41, 5.74) is 1.75. The number of aromatic nitrogens is 2. The minimum absolute atomic E-state index is 0.140. The van der Waals surface area contributed by atoms with Gasteiger partial charge in [0.15, 0.2) is 5.69 Å². The Morgan fingerprint density at radius 3 is 3.11 bits per heavy atom. The van der Waals surface area contributed by atoms with Crippen LogP contribution in [0.25, 0.3) is 0 Å². The second-order valence-corrected chi connectivity index (χ2v) is 4.98. The number of carbonyl (C=O) groups is 1. The number of fused-ring (bicyclic) bond motifs is 1. The van der Waals surface area contributed by atoms with Crippen molar-refractivity contribution in [1.82, 2.24) is 15.3 Å². The molecule has 2 aliphatic rings. The molecule has 1 aromatic heterocycles. The third kappa shape index (κ3) is 2.59. The van der Waals surface area contributed by atoms with Crippen LogP contribution in [0.5, 0.6) is 0 Å². The van der Waals surface area contributed by atoms with Gasteiger partial charge in [-0.25, -0.2) is 14.8 Å². The maximum Gasteiger partial charge on any atom is 0.354 e. The molecule has 0 spiro atoms. The smallest absolute Gasteiger partial charge is 0.354 e. The molecule has 2 aliphatic heterocycles. The first-order valence-electron chi connectivity index (χ1n) is 6.68. The fraction of sp³-hybridized carbons (Fsp3) is 0.615. The molecule has 0 bridgehead atoms. The highest BCUT2D eigenvalue weighted by Gasteiger charge is 2.24. The van der Waals surface area contributed by atoms with Crippen molar-refractivity contribution < 1.29 is 14.6 Å². The van der Waals surface area contributed by atoms with Crippen molar-refractivity contribution in [2.45, 2.75) is 38.3 Å². The van der Waals surface area contributed by atoms with E-state index in [9.17, 15) is 9.90 Å². The predicted octanol–water partition coefficient (Wildman–Crippen LogP) is 0.542. The number of carboxylic acid groups (broad SMARTS) is 1. The molecule has 0 radical (unpaired) electrons. The molecule has 102 valence electrons. The standard InChI is InChI=1S/C13H17N3O3/c17-13(18)12-9-7-14-4-3-10(9)15-11(16-12)6-8-2-1-5-19-8/h8,14H,1-7H2,(H,17,18). The van der Waals surface area contributed by atoms with Crippen LogP contribution in [-0.2, 0) is 24.1 Å². The third-order valence-corrected chi connectivity index (χ3v) is 3.62. The van der Waals surface area contributed by atoms with E-state index in [1.165, 1.54) is 0 Å². The van der Waals surface area contributed by atoms with Crippen LogP contribution >= 0.6 is 0 Å². The summed E-state index contributed by atoms with van der Waals surface area (Å²) >= 11 is 0. The molecule has 0 amide bonds. The van der Waals surface area contributed by atoms with E-state index in [4.69, 9.17) is 4.74 Å². The molecule has 6 nitrogen and oxygen atoms in total. The highest BCUT2D eigenvalue weighted by molar-refractivity contribution is 5.87. The first kappa shape index (κ1) is 12.5. The van der Waals surface area contributed by atoms with Crippen LogP contribution in [0.3, 0.4) is 0 Å². The van der Waals surface area contributed by atoms with Crippen molar-refractivity contribution in [1.29, 1.82) is 0 Å². The van der Waals surface area contributed by atoms with Gasteiger partial charge in [-0.2, -0.15) is 0 Å². The Balaban J connectivity index is 1.91. The minimum Gasteiger partial charge on any atom is -0.476 e. The zero-order valence-electron chi connectivity index (χ0n) is 10.7. The van der Waals surface area contributed by atoms with Gasteiger partial charge in [0.25, 0.3) is 0 Å². The normalized spacial score (nSPS) is 22.2. The van der Waals surface area contributed by atoms with Crippen molar-refractivity contribution in [2.24, 2.45) is 0 Å². The minimum atomic E-state index is -0.976. The van der Waals surface area contributed by atoms with Gasteiger partial charge in [0.05, 0.1) is 11.8 Å². The summed E-state index contributed by atoms with van der Waals surface area (Å²) in [6, 6.07) is 0. The van der Waals surface area contributed by atoms with Gasteiger partial charge in [0, 0.05) is 38.1 Å². The van der Waals surface area contributed by atoms with Gasteiger partial charge < -0.3 is 15.2 Å². The van der Waals surface area contributed by atoms with Gasteiger partial charge in [-0.15, -0.1) is 0 Å². The van der Waals surface area contributed by atoms with Crippen LogP contribution in [0.4, 0.5) is 0 Å². The largest absolute Gasteiger partial charge is 0.476 e. The first-order valence-corrected chi connectivity index (χ1v) is 6.68. The predicted molar refractivity (Wildman–Crippen MR) is 67.1 cm³/mol. The molecule has 1 saturated heterocycles. The highest BCUT2D eigenvalue weighted by atomic mass is 16.5. The van der Waals surface area contributed by atoms with E-state index in [1.807, 2.05) is 0 Å². The maximum atomic E-state index is 11.3. The molecule has 1 atom stereocenters. The number of ether oxygens (including phenoxy) is 1. The summed E-state index contributed by atoms with van der Waals surface area (Å²) in [6.45, 7) is 2.16. The molecule has 2 N–H and O–H groups in total. The number of rotatable bonds is 3. The monoisotopic (exact) mass is 263 g/mol. The van der Waals surface area contributed by atoms with Gasteiger partial charge in [-0.1, -0.05) is 0 Å². The van der Waals surface area contributed by atoms with Gasteiger partial charge in [-0.3, -0.25) is 0 Å². The summed E-state index contributed by atoms with van der Waals surface area (Å²) in [4.78, 5) is 20.1. The molecule has 1 unspecified atom stereocenters. The molecule has 0 aromatic carbocycles. The molecular formula is C13H17N3O3. The van der Waals surface area contributed by atoms with Crippen molar-refractivity contribution in [3.05, 3.63) is 22.8 Å². The summed E-state index contributed by atoms with van der Waals surface area (Å²) in [5, 5.41) is 12.4. The van der Waals surface area contributed by atoms with E-state index in [0.717, 1.165) is 43.7 Å². The lowest BCUT2D eigenvalue weighted by Gasteiger charge is -2.19. The Bertz CT molecular complexity index is 498. The fourth-order valence-electron chi connectivity index (χ4n) is 2.67. The van der Waals surface area contributed by atoms with E-state index in [1.54, 1.807) is 0 Å². The zero-order valence-corrected chi connectivity index (χ0v) is 10.7. The van der Waals surface area contributed by atoms with Crippen molar-refractivity contribution >= 4 is 5.97 Å². The van der Waals surface area contributed by atoms with Gasteiger partial charge in [0.1, 0.15) is 5.82 Å². The molecule has 1 fully saturated rings. The van der Waals surface area contributed by atoms with E-state index in [-0.39, 0.29) is 11.8 Å². The zero-order chi connectivity index (χ0) is 13.2. The molecule has 3 rings (SSSR count). The van der Waals surface area contributed by atoms with E-state index < -0.39 is 5.97 Å². The molecule has 6 heteroatoms. The highest BCUT2D eigenvalue weighted by Crippen LogP contribution is 2.19. The first-order chi connectivity index (χ1) is 9.24. The van der Waals surface area contributed by atoms with Crippen LogP contribution < -0.4 is 5.32 Å². The molecule has 3 heterocycles. The van der Waals surface area contributed by atoms with Crippen LogP contribution in [-0.4, -0.2) is 40.3 Å². The lowest BCUT2D eigenvalue weighted by atomic mass is 10.0. The Morgan fingerprint density at radius 2 is 2.37 bits per heavy atom. The molecule has 0 aliphatic carbocycles. The quantitative estimate of drug-likeness (QED) is 0.828. The second-order valence-electron chi connectivity index (χ2n) is 4.98. The van der Waals surface area contributed by atoms with E-state index >= 15 is 0 Å². The molecule has 0 saturated carbocycles. The molecule has 19 heavy (non-hydrogen) atoms. The summed E-state index contributed by atoms with van der Waals surface area (Å²) in [7, 11) is 0. The van der Waals surface area contributed by atoms with Gasteiger partial charge >= 0.3 is 5.97 Å². The number of carboxylic acids is 1. The van der Waals surface area contributed by atoms with Crippen molar-refractivity contribution in [2.75, 3.05) is 13.2 Å². The van der Waals surface area contributed by atoms with Crippen molar-refractivity contribution in [3.8, 4) is 0 Å². The number of nitrogens with one attached hydrogen (secondary N) is 1. The maximum absolute atomic E-state index is 11.3. The Kier molecular flexibility index (Phi) is 3.44. The van der Waals surface area contributed by atoms with Crippen LogP contribution in [0.1, 0.15) is 40.4 Å². The van der Waals surface area contributed by atoms with E-state index in [0.29, 0.717) is 18.8 Å². The van der Waals surface area contributed by atoms with Crippen molar-refractivity contribution in [3.63, 3.8) is 0 Å². The average molecular weight is 263 g/mol. The SMILES string of the molecule is O=C(O)c1nc(CC2CCCO2)nc2c1CNCC2. The second kappa shape index (κ2) is 5.22. The van der Waals surface area contributed by atoms with Gasteiger partial charge in [-0.05, 0) is 12.8 Å². The molecule has 1 aromatic rings. The summed E-state index contributed by atoms with van der Waals surface area (Å²) < 4.78 is 5.56. The number of hydrogen-bond acceptors (Lipinski definition) is 5. The van der Waals surface area contributed by atoms with Crippen LogP contribution in [0, 0.1) is 0 Å². The van der Waals surface area contributed by atoms with E-state index in [2.05, 4.69) is 15.3 Å². The summed E-state index contributed by atoms with van der Waals surface area (Å²) in [5.74, 6) is -0.374. The fourth-order valence-corrected chi connectivity index (χ4v) is 2.67. The number of hydrogen-bond donors (Lipinski definition) is 2. The number of aromatic carboxylic acids is 1. The lowest BCUT2D eigenvalue weighted by molar-refractivity contribution is 0.0686. The van der Waals surface area contributed by atoms with Gasteiger partial charge in [0.2, 0.25) is 0 Å². The number of nitrogens with zero attached hydrogens (tertiary/aromatic N) is 2. The lowest BCUT2D eigenvalue weighted by Crippen LogP contribution is -2.29.